The van der Waals surface area contributed by atoms with E-state index < -0.39 is 5.41 Å². The van der Waals surface area contributed by atoms with Crippen molar-refractivity contribution in [3.05, 3.63) is 162 Å². The molecule has 0 fully saturated rings. The molecule has 2 aliphatic rings. The Morgan fingerprint density at radius 2 is 0.935 bits per heavy atom. The van der Waals surface area contributed by atoms with Gasteiger partial charge in [0.15, 0.2) is 0 Å². The van der Waals surface area contributed by atoms with Gasteiger partial charge in [0.2, 0.25) is 0 Å². The Hall–Kier alpha value is -3.02. The molecule has 0 bridgehead atoms. The fourth-order valence-electron chi connectivity index (χ4n) is 11.0. The van der Waals surface area contributed by atoms with Crippen molar-refractivity contribution in [2.75, 3.05) is 26.4 Å². The predicted octanol–water partition coefficient (Wildman–Crippen LogP) is 16.8. The van der Waals surface area contributed by atoms with Crippen molar-refractivity contribution in [3.8, 4) is 11.1 Å². The average molecular weight is 961 g/mol. The molecule has 5 aromatic rings. The van der Waals surface area contributed by atoms with Gasteiger partial charge in [-0.2, -0.15) is 0 Å². The summed E-state index contributed by atoms with van der Waals surface area (Å²) in [4.78, 5) is 0. The minimum atomic E-state index is -0.504. The summed E-state index contributed by atoms with van der Waals surface area (Å²) in [6.45, 7) is 12.0. The van der Waals surface area contributed by atoms with Crippen molar-refractivity contribution >= 4 is 31.9 Å². The van der Waals surface area contributed by atoms with E-state index in [-0.39, 0.29) is 5.41 Å². The SMILES string of the molecule is CCCCCCCCC1(CCCCCCC)c2cc(Br)ccc2-c2cc3c(cc21)Cc1ccc(Br)cc1C3(c1ccc(CCCOCC)cc1)c1ccc(CCCOCC)cc1. The molecule has 0 saturated heterocycles. The van der Waals surface area contributed by atoms with Crippen LogP contribution in [0.5, 0.6) is 0 Å². The van der Waals surface area contributed by atoms with Crippen LogP contribution in [0.15, 0.2) is 106 Å². The first kappa shape index (κ1) is 47.0. The summed E-state index contributed by atoms with van der Waals surface area (Å²) in [6, 6.07) is 39.1. The maximum atomic E-state index is 5.73. The van der Waals surface area contributed by atoms with Gasteiger partial charge in [0, 0.05) is 40.8 Å². The molecule has 0 amide bonds. The van der Waals surface area contributed by atoms with Crippen LogP contribution in [0, 0.1) is 0 Å². The van der Waals surface area contributed by atoms with Crippen molar-refractivity contribution in [1.82, 2.24) is 0 Å². The van der Waals surface area contributed by atoms with E-state index in [2.05, 4.69) is 157 Å². The summed E-state index contributed by atoms with van der Waals surface area (Å²) in [5.74, 6) is 0. The molecule has 0 aromatic heterocycles. The maximum absolute atomic E-state index is 5.73. The number of aryl methyl sites for hydroxylation is 2. The van der Waals surface area contributed by atoms with E-state index in [0.717, 1.165) is 63.0 Å². The van der Waals surface area contributed by atoms with Gasteiger partial charge in [-0.1, -0.05) is 183 Å². The van der Waals surface area contributed by atoms with Crippen molar-refractivity contribution in [2.45, 2.75) is 154 Å². The number of unbranched alkanes of at least 4 members (excludes halogenated alkanes) is 9. The second-order valence-corrected chi connectivity index (χ2v) is 20.1. The van der Waals surface area contributed by atoms with Crippen LogP contribution in [0.25, 0.3) is 11.1 Å². The molecule has 4 heteroatoms. The Morgan fingerprint density at radius 1 is 0.452 bits per heavy atom. The van der Waals surface area contributed by atoms with Crippen LogP contribution in [0.4, 0.5) is 0 Å². The summed E-state index contributed by atoms with van der Waals surface area (Å²) >= 11 is 7.97. The third-order valence-corrected chi connectivity index (χ3v) is 15.1. The van der Waals surface area contributed by atoms with Crippen molar-refractivity contribution in [2.24, 2.45) is 0 Å². The molecule has 5 aromatic carbocycles. The van der Waals surface area contributed by atoms with Gasteiger partial charge in [0.1, 0.15) is 0 Å². The molecule has 0 N–H and O–H groups in total. The molecule has 0 aliphatic heterocycles. The smallest absolute Gasteiger partial charge is 0.0707 e. The number of rotatable bonds is 25. The normalized spacial score (nSPS) is 15.9. The van der Waals surface area contributed by atoms with Crippen LogP contribution in [0.1, 0.15) is 180 Å². The van der Waals surface area contributed by atoms with Crippen LogP contribution in [-0.4, -0.2) is 26.4 Å². The predicted molar refractivity (Wildman–Crippen MR) is 270 cm³/mol. The van der Waals surface area contributed by atoms with Gasteiger partial charge in [-0.3, -0.25) is 0 Å². The molecular formula is C58H72Br2O2. The zero-order valence-corrected chi connectivity index (χ0v) is 41.5. The highest BCUT2D eigenvalue weighted by Gasteiger charge is 2.48. The quantitative estimate of drug-likeness (QED) is 0.0532. The first-order valence-corrected chi connectivity index (χ1v) is 26.1. The lowest BCUT2D eigenvalue weighted by atomic mass is 9.58. The Kier molecular flexibility index (Phi) is 17.2. The van der Waals surface area contributed by atoms with E-state index in [0.29, 0.717) is 0 Å². The number of halogens is 2. The minimum Gasteiger partial charge on any atom is -0.382 e. The molecule has 7 rings (SSSR count). The van der Waals surface area contributed by atoms with E-state index in [1.54, 1.807) is 11.1 Å². The van der Waals surface area contributed by atoms with E-state index >= 15 is 0 Å². The number of hydrogen-bond donors (Lipinski definition) is 0. The molecule has 0 saturated carbocycles. The van der Waals surface area contributed by atoms with Gasteiger partial charge in [-0.05, 0) is 156 Å². The van der Waals surface area contributed by atoms with Gasteiger partial charge in [0.25, 0.3) is 0 Å². The highest BCUT2D eigenvalue weighted by molar-refractivity contribution is 9.10. The molecule has 1 atom stereocenters. The number of fused-ring (bicyclic) bond motifs is 5. The van der Waals surface area contributed by atoms with Crippen LogP contribution < -0.4 is 0 Å². The first-order chi connectivity index (χ1) is 30.4. The summed E-state index contributed by atoms with van der Waals surface area (Å²) < 4.78 is 13.8. The number of benzene rings is 5. The minimum absolute atomic E-state index is 0.00930. The lowest BCUT2D eigenvalue weighted by Gasteiger charge is -2.43. The molecule has 1 unspecified atom stereocenters. The second kappa shape index (κ2) is 22.7. The highest BCUT2D eigenvalue weighted by Crippen LogP contribution is 2.59. The Bertz CT molecular complexity index is 2130. The van der Waals surface area contributed by atoms with Crippen LogP contribution in [0.3, 0.4) is 0 Å². The lowest BCUT2D eigenvalue weighted by Crippen LogP contribution is -2.36. The van der Waals surface area contributed by atoms with E-state index in [4.69, 9.17) is 9.47 Å². The molecule has 330 valence electrons. The summed E-state index contributed by atoms with van der Waals surface area (Å²) in [5.41, 5.74) is 16.6. The van der Waals surface area contributed by atoms with Crippen molar-refractivity contribution < 1.29 is 9.47 Å². The summed E-state index contributed by atoms with van der Waals surface area (Å²) in [6.07, 6.45) is 21.9. The molecule has 2 aliphatic carbocycles. The molecular weight excluding hydrogens is 888 g/mol. The van der Waals surface area contributed by atoms with Gasteiger partial charge in [-0.25, -0.2) is 0 Å². The topological polar surface area (TPSA) is 18.5 Å². The Morgan fingerprint density at radius 3 is 1.48 bits per heavy atom. The van der Waals surface area contributed by atoms with Crippen molar-refractivity contribution in [3.63, 3.8) is 0 Å². The van der Waals surface area contributed by atoms with Crippen LogP contribution >= 0.6 is 31.9 Å². The zero-order valence-electron chi connectivity index (χ0n) is 38.4. The third kappa shape index (κ3) is 10.3. The second-order valence-electron chi connectivity index (χ2n) is 18.2. The van der Waals surface area contributed by atoms with Crippen molar-refractivity contribution in [1.29, 1.82) is 0 Å². The number of hydrogen-bond acceptors (Lipinski definition) is 2. The monoisotopic (exact) mass is 958 g/mol. The van der Waals surface area contributed by atoms with Crippen LogP contribution in [-0.2, 0) is 39.6 Å². The Labute approximate surface area is 392 Å². The molecule has 0 heterocycles. The molecule has 2 nitrogen and oxygen atoms in total. The van der Waals surface area contributed by atoms with Gasteiger partial charge < -0.3 is 9.47 Å². The number of ether oxygens (including phenoxy) is 2. The van der Waals surface area contributed by atoms with E-state index in [1.807, 2.05) is 0 Å². The maximum Gasteiger partial charge on any atom is 0.0707 e. The summed E-state index contributed by atoms with van der Waals surface area (Å²) in [5, 5.41) is 0. The lowest BCUT2D eigenvalue weighted by molar-refractivity contribution is 0.145. The Balaban J connectivity index is 1.42. The third-order valence-electron chi connectivity index (χ3n) is 14.2. The fourth-order valence-corrected chi connectivity index (χ4v) is 11.8. The molecule has 0 spiro atoms. The molecule has 0 radical (unpaired) electrons. The zero-order chi connectivity index (χ0) is 43.4. The fraction of sp³-hybridized carbons (Fsp3) is 0.483. The van der Waals surface area contributed by atoms with E-state index in [1.165, 1.54) is 144 Å². The van der Waals surface area contributed by atoms with Gasteiger partial charge in [-0.15, -0.1) is 0 Å². The summed E-state index contributed by atoms with van der Waals surface area (Å²) in [7, 11) is 0. The van der Waals surface area contributed by atoms with Gasteiger partial charge in [0.05, 0.1) is 5.41 Å². The highest BCUT2D eigenvalue weighted by atomic mass is 79.9. The van der Waals surface area contributed by atoms with Crippen LogP contribution in [0.2, 0.25) is 0 Å². The largest absolute Gasteiger partial charge is 0.382 e. The van der Waals surface area contributed by atoms with E-state index in [9.17, 15) is 0 Å². The van der Waals surface area contributed by atoms with Gasteiger partial charge >= 0.3 is 0 Å². The molecule has 62 heavy (non-hydrogen) atoms. The average Bonchev–Trinajstić information content (AvgIpc) is 3.54. The first-order valence-electron chi connectivity index (χ1n) is 24.5. The standard InChI is InChI=1S/C58H72Br2O2/c1-5-9-11-13-15-17-35-57(34-16-14-12-10-6-2)55-39-46-38-45-26-31-49(59)40-53(45)58(47-27-22-43(23-28-47)20-18-36-61-7-3,48-29-24-44(25-30-48)21-19-37-62-8-4)54(46)42-52(55)51-33-32-50(60)41-56(51)57/h22-33,39-42H,5-21,34-38H2,1-4H3.